The van der Waals surface area contributed by atoms with Crippen molar-refractivity contribution in [3.8, 4) is 11.8 Å². The zero-order chi connectivity index (χ0) is 18.4. The molecule has 2 aromatic carbocycles. The Morgan fingerprint density at radius 2 is 1.69 bits per heavy atom. The molecule has 0 atom stereocenters. The van der Waals surface area contributed by atoms with Crippen molar-refractivity contribution in [1.29, 1.82) is 5.26 Å². The lowest BCUT2D eigenvalue weighted by Crippen LogP contribution is -2.27. The molecule has 1 heterocycles. The standard InChI is InChI=1S/C20H19N3O3/c21-13-15-3-9-18(10-4-15)26-14-19(24)22-17-7-5-16(6-8-17)20(25)23-11-1-2-12-23/h3-10H,1-2,11-12,14H2,(H,22,24). The van der Waals surface area contributed by atoms with Gasteiger partial charge in [0.15, 0.2) is 6.61 Å². The minimum atomic E-state index is -0.298. The summed E-state index contributed by atoms with van der Waals surface area (Å²) in [6, 6.07) is 15.4. The number of amides is 2. The molecule has 6 heteroatoms. The van der Waals surface area contributed by atoms with Gasteiger partial charge in [0.2, 0.25) is 0 Å². The summed E-state index contributed by atoms with van der Waals surface area (Å²) in [5, 5.41) is 11.5. The van der Waals surface area contributed by atoms with Gasteiger partial charge < -0.3 is 15.0 Å². The number of nitrogens with zero attached hydrogens (tertiary/aromatic N) is 2. The molecule has 2 amide bonds. The van der Waals surface area contributed by atoms with Gasteiger partial charge in [-0.1, -0.05) is 0 Å². The molecule has 6 nitrogen and oxygen atoms in total. The largest absolute Gasteiger partial charge is 0.484 e. The Morgan fingerprint density at radius 1 is 1.04 bits per heavy atom. The predicted molar refractivity (Wildman–Crippen MR) is 96.9 cm³/mol. The van der Waals surface area contributed by atoms with Crippen molar-refractivity contribution in [1.82, 2.24) is 4.90 Å². The van der Waals surface area contributed by atoms with Crippen LogP contribution in [0.15, 0.2) is 48.5 Å². The Balaban J connectivity index is 1.50. The lowest BCUT2D eigenvalue weighted by Gasteiger charge is -2.15. The zero-order valence-corrected chi connectivity index (χ0v) is 14.3. The van der Waals surface area contributed by atoms with E-state index in [1.807, 2.05) is 11.0 Å². The van der Waals surface area contributed by atoms with E-state index < -0.39 is 0 Å². The van der Waals surface area contributed by atoms with Gasteiger partial charge in [0, 0.05) is 24.3 Å². The van der Waals surface area contributed by atoms with E-state index in [4.69, 9.17) is 10.00 Å². The lowest BCUT2D eigenvalue weighted by molar-refractivity contribution is -0.118. The molecule has 0 radical (unpaired) electrons. The molecule has 1 fully saturated rings. The number of benzene rings is 2. The van der Waals surface area contributed by atoms with Gasteiger partial charge >= 0.3 is 0 Å². The van der Waals surface area contributed by atoms with Crippen molar-refractivity contribution in [3.05, 3.63) is 59.7 Å². The van der Waals surface area contributed by atoms with E-state index in [0.29, 0.717) is 22.6 Å². The van der Waals surface area contributed by atoms with Crippen molar-refractivity contribution < 1.29 is 14.3 Å². The highest BCUT2D eigenvalue weighted by Crippen LogP contribution is 2.16. The van der Waals surface area contributed by atoms with Crippen LogP contribution in [0, 0.1) is 11.3 Å². The summed E-state index contributed by atoms with van der Waals surface area (Å²) >= 11 is 0. The van der Waals surface area contributed by atoms with Crippen LogP contribution in [0.5, 0.6) is 5.75 Å². The summed E-state index contributed by atoms with van der Waals surface area (Å²) in [4.78, 5) is 26.1. The monoisotopic (exact) mass is 349 g/mol. The molecule has 132 valence electrons. The molecule has 0 saturated carbocycles. The first-order chi connectivity index (χ1) is 12.7. The quantitative estimate of drug-likeness (QED) is 0.900. The highest BCUT2D eigenvalue weighted by Gasteiger charge is 2.19. The van der Waals surface area contributed by atoms with E-state index in [0.717, 1.165) is 25.9 Å². The van der Waals surface area contributed by atoms with Gasteiger partial charge in [0.1, 0.15) is 5.75 Å². The average Bonchev–Trinajstić information content (AvgIpc) is 3.21. The van der Waals surface area contributed by atoms with Crippen molar-refractivity contribution in [2.45, 2.75) is 12.8 Å². The predicted octanol–water partition coefficient (Wildman–Crippen LogP) is 2.81. The minimum Gasteiger partial charge on any atom is -0.484 e. The molecule has 0 spiro atoms. The first-order valence-electron chi connectivity index (χ1n) is 8.48. The third-order valence-electron chi connectivity index (χ3n) is 4.16. The number of rotatable bonds is 5. The van der Waals surface area contributed by atoms with Crippen LogP contribution < -0.4 is 10.1 Å². The number of ether oxygens (including phenoxy) is 1. The van der Waals surface area contributed by atoms with Crippen molar-refractivity contribution >= 4 is 17.5 Å². The number of hydrogen-bond donors (Lipinski definition) is 1. The molecule has 1 N–H and O–H groups in total. The van der Waals surface area contributed by atoms with Crippen LogP contribution in [0.25, 0.3) is 0 Å². The Labute approximate surface area is 152 Å². The maximum atomic E-state index is 12.3. The SMILES string of the molecule is N#Cc1ccc(OCC(=O)Nc2ccc(C(=O)N3CCCC3)cc2)cc1. The summed E-state index contributed by atoms with van der Waals surface area (Å²) in [5.74, 6) is 0.253. The van der Waals surface area contributed by atoms with E-state index >= 15 is 0 Å². The topological polar surface area (TPSA) is 82.4 Å². The molecule has 0 unspecified atom stereocenters. The van der Waals surface area contributed by atoms with Crippen molar-refractivity contribution in [2.24, 2.45) is 0 Å². The van der Waals surface area contributed by atoms with Gasteiger partial charge in [-0.3, -0.25) is 9.59 Å². The summed E-state index contributed by atoms with van der Waals surface area (Å²) in [6.45, 7) is 1.48. The van der Waals surface area contributed by atoms with Crippen LogP contribution in [-0.2, 0) is 4.79 Å². The Morgan fingerprint density at radius 3 is 2.31 bits per heavy atom. The maximum Gasteiger partial charge on any atom is 0.262 e. The normalized spacial score (nSPS) is 13.1. The second-order valence-electron chi connectivity index (χ2n) is 6.05. The molecule has 26 heavy (non-hydrogen) atoms. The van der Waals surface area contributed by atoms with Crippen LogP contribution in [0.2, 0.25) is 0 Å². The maximum absolute atomic E-state index is 12.3. The summed E-state index contributed by atoms with van der Waals surface area (Å²) in [7, 11) is 0. The fraction of sp³-hybridized carbons (Fsp3) is 0.250. The molecule has 0 bridgehead atoms. The molecule has 1 aliphatic heterocycles. The number of carbonyl (C=O) groups is 2. The molecular formula is C20H19N3O3. The van der Waals surface area contributed by atoms with E-state index in [1.54, 1.807) is 48.5 Å². The van der Waals surface area contributed by atoms with Gasteiger partial charge in [0.25, 0.3) is 11.8 Å². The first-order valence-corrected chi connectivity index (χ1v) is 8.48. The number of carbonyl (C=O) groups excluding carboxylic acids is 2. The van der Waals surface area contributed by atoms with E-state index in [-0.39, 0.29) is 18.4 Å². The molecule has 0 aromatic heterocycles. The Bertz CT molecular complexity index is 817. The van der Waals surface area contributed by atoms with E-state index in [9.17, 15) is 9.59 Å². The van der Waals surface area contributed by atoms with Gasteiger partial charge in [-0.15, -0.1) is 0 Å². The fourth-order valence-electron chi connectivity index (χ4n) is 2.77. The number of nitrogens with one attached hydrogen (secondary N) is 1. The second kappa shape index (κ2) is 8.17. The molecular weight excluding hydrogens is 330 g/mol. The molecule has 0 aliphatic carbocycles. The van der Waals surface area contributed by atoms with Crippen molar-refractivity contribution in [3.63, 3.8) is 0 Å². The highest BCUT2D eigenvalue weighted by molar-refractivity contribution is 5.96. The molecule has 1 saturated heterocycles. The Kier molecular flexibility index (Phi) is 5.49. The van der Waals surface area contributed by atoms with Gasteiger partial charge in [-0.25, -0.2) is 0 Å². The average molecular weight is 349 g/mol. The van der Waals surface area contributed by atoms with Crippen LogP contribution in [0.4, 0.5) is 5.69 Å². The van der Waals surface area contributed by atoms with E-state index in [1.165, 1.54) is 0 Å². The second-order valence-corrected chi connectivity index (χ2v) is 6.05. The molecule has 2 aromatic rings. The first kappa shape index (κ1) is 17.5. The van der Waals surface area contributed by atoms with Gasteiger partial charge in [-0.05, 0) is 61.4 Å². The fourth-order valence-corrected chi connectivity index (χ4v) is 2.77. The van der Waals surface area contributed by atoms with E-state index in [2.05, 4.69) is 5.32 Å². The van der Waals surface area contributed by atoms with Crippen LogP contribution in [0.1, 0.15) is 28.8 Å². The number of likely N-dealkylation sites (tertiary alicyclic amines) is 1. The number of anilines is 1. The number of hydrogen-bond acceptors (Lipinski definition) is 4. The smallest absolute Gasteiger partial charge is 0.262 e. The highest BCUT2D eigenvalue weighted by atomic mass is 16.5. The summed E-state index contributed by atoms with van der Waals surface area (Å²) in [6.07, 6.45) is 2.11. The van der Waals surface area contributed by atoms with Crippen LogP contribution in [0.3, 0.4) is 0 Å². The molecule has 3 rings (SSSR count). The van der Waals surface area contributed by atoms with Gasteiger partial charge in [-0.2, -0.15) is 5.26 Å². The minimum absolute atomic E-state index is 0.0320. The lowest BCUT2D eigenvalue weighted by atomic mass is 10.2. The van der Waals surface area contributed by atoms with Gasteiger partial charge in [0.05, 0.1) is 11.6 Å². The third-order valence-corrected chi connectivity index (χ3v) is 4.16. The third kappa shape index (κ3) is 4.39. The number of nitriles is 1. The van der Waals surface area contributed by atoms with Crippen LogP contribution >= 0.6 is 0 Å². The molecule has 1 aliphatic rings. The van der Waals surface area contributed by atoms with Crippen LogP contribution in [-0.4, -0.2) is 36.4 Å². The zero-order valence-electron chi connectivity index (χ0n) is 14.3. The summed E-state index contributed by atoms with van der Waals surface area (Å²) in [5.41, 5.74) is 1.76. The summed E-state index contributed by atoms with van der Waals surface area (Å²) < 4.78 is 5.39. The Hall–Kier alpha value is -3.33. The van der Waals surface area contributed by atoms with Crippen molar-refractivity contribution in [2.75, 3.05) is 25.0 Å².